The molecule has 2 nitrogen and oxygen atoms in total. The molecule has 2 heteroatoms. The van der Waals surface area contributed by atoms with Crippen LogP contribution in [0.2, 0.25) is 0 Å². The van der Waals surface area contributed by atoms with Crippen LogP contribution >= 0.6 is 0 Å². The van der Waals surface area contributed by atoms with Crippen LogP contribution in [0.3, 0.4) is 0 Å². The third-order valence-electron chi connectivity index (χ3n) is 1.46. The summed E-state index contributed by atoms with van der Waals surface area (Å²) in [5.74, 6) is 0. The average molecular weight is 156 g/mol. The standard InChI is InChI=1S/C9H20N2/c1-9(2)7-5-6-8-10-11(3)4/h10H,1,5-8H2,2-4H3. The number of allylic oxidation sites excluding steroid dienone is 1. The Morgan fingerprint density at radius 3 is 2.45 bits per heavy atom. The van der Waals surface area contributed by atoms with Gasteiger partial charge < -0.3 is 0 Å². The molecule has 0 bridgehead atoms. The quantitative estimate of drug-likeness (QED) is 0.358. The zero-order valence-corrected chi connectivity index (χ0v) is 7.98. The first-order chi connectivity index (χ1) is 5.13. The first-order valence-corrected chi connectivity index (χ1v) is 4.18. The number of nitrogens with one attached hydrogen (secondary N) is 1. The van der Waals surface area contributed by atoms with E-state index in [1.165, 1.54) is 18.4 Å². The third kappa shape index (κ3) is 9.66. The Morgan fingerprint density at radius 1 is 1.36 bits per heavy atom. The van der Waals surface area contributed by atoms with Crippen LogP contribution in [0.15, 0.2) is 12.2 Å². The summed E-state index contributed by atoms with van der Waals surface area (Å²) in [5, 5.41) is 1.99. The summed E-state index contributed by atoms with van der Waals surface area (Å²) in [4.78, 5) is 0. The van der Waals surface area contributed by atoms with Crippen LogP contribution in [0.4, 0.5) is 0 Å². The van der Waals surface area contributed by atoms with Crippen molar-refractivity contribution in [3.63, 3.8) is 0 Å². The predicted octanol–water partition coefficient (Wildman–Crippen LogP) is 1.80. The van der Waals surface area contributed by atoms with Crippen molar-refractivity contribution in [3.05, 3.63) is 12.2 Å². The van der Waals surface area contributed by atoms with E-state index in [1.54, 1.807) is 0 Å². The molecule has 0 saturated heterocycles. The van der Waals surface area contributed by atoms with E-state index in [9.17, 15) is 0 Å². The van der Waals surface area contributed by atoms with Crippen molar-refractivity contribution >= 4 is 0 Å². The van der Waals surface area contributed by atoms with Crippen molar-refractivity contribution in [3.8, 4) is 0 Å². The topological polar surface area (TPSA) is 15.3 Å². The maximum Gasteiger partial charge on any atom is 0.0102 e. The highest BCUT2D eigenvalue weighted by atomic mass is 15.5. The summed E-state index contributed by atoms with van der Waals surface area (Å²) in [6, 6.07) is 0. The molecule has 1 N–H and O–H groups in total. The minimum absolute atomic E-state index is 1.07. The smallest absolute Gasteiger partial charge is 0.0102 e. The van der Waals surface area contributed by atoms with E-state index in [1.807, 2.05) is 19.1 Å². The van der Waals surface area contributed by atoms with Crippen molar-refractivity contribution in [1.82, 2.24) is 10.4 Å². The van der Waals surface area contributed by atoms with E-state index in [0.717, 1.165) is 13.0 Å². The molecule has 0 rings (SSSR count). The molecule has 0 amide bonds. The van der Waals surface area contributed by atoms with Crippen LogP contribution in [0.25, 0.3) is 0 Å². The fourth-order valence-corrected chi connectivity index (χ4v) is 0.854. The molecule has 0 unspecified atom stereocenters. The monoisotopic (exact) mass is 156 g/mol. The number of hydrazine groups is 1. The molecule has 0 aliphatic carbocycles. The molecule has 0 aromatic rings. The maximum atomic E-state index is 3.86. The number of nitrogens with zero attached hydrogens (tertiary/aromatic N) is 1. The molecular weight excluding hydrogens is 136 g/mol. The molecule has 0 aromatic carbocycles. The summed E-state index contributed by atoms with van der Waals surface area (Å²) < 4.78 is 0. The van der Waals surface area contributed by atoms with E-state index in [-0.39, 0.29) is 0 Å². The Hall–Kier alpha value is -0.340. The van der Waals surface area contributed by atoms with E-state index in [4.69, 9.17) is 0 Å². The normalized spacial score (nSPS) is 10.5. The fraction of sp³-hybridized carbons (Fsp3) is 0.778. The van der Waals surface area contributed by atoms with Crippen molar-refractivity contribution in [1.29, 1.82) is 0 Å². The predicted molar refractivity (Wildman–Crippen MR) is 50.4 cm³/mol. The molecule has 0 aliphatic heterocycles. The summed E-state index contributed by atoms with van der Waals surface area (Å²) in [5.41, 5.74) is 4.51. The number of rotatable bonds is 6. The Labute approximate surface area is 70.2 Å². The van der Waals surface area contributed by atoms with Gasteiger partial charge in [0.15, 0.2) is 0 Å². The van der Waals surface area contributed by atoms with Crippen LogP contribution < -0.4 is 5.43 Å². The number of unbranched alkanes of at least 4 members (excludes halogenated alkanes) is 1. The maximum absolute atomic E-state index is 3.86. The number of hydrogen-bond acceptors (Lipinski definition) is 2. The SMILES string of the molecule is C=C(C)CCCCNN(C)C. The molecule has 0 radical (unpaired) electrons. The fourth-order valence-electron chi connectivity index (χ4n) is 0.854. The molecule has 0 atom stereocenters. The van der Waals surface area contributed by atoms with Gasteiger partial charge in [0.05, 0.1) is 0 Å². The van der Waals surface area contributed by atoms with Crippen LogP contribution in [-0.4, -0.2) is 25.6 Å². The lowest BCUT2D eigenvalue weighted by molar-refractivity contribution is 0.287. The van der Waals surface area contributed by atoms with Crippen LogP contribution in [0.1, 0.15) is 26.2 Å². The zero-order chi connectivity index (χ0) is 8.69. The van der Waals surface area contributed by atoms with E-state index >= 15 is 0 Å². The van der Waals surface area contributed by atoms with Crippen LogP contribution in [0, 0.1) is 0 Å². The second-order valence-corrected chi connectivity index (χ2v) is 3.22. The summed E-state index contributed by atoms with van der Waals surface area (Å²) in [6.45, 7) is 7.01. The molecule has 11 heavy (non-hydrogen) atoms. The molecule has 0 saturated carbocycles. The Balaban J connectivity index is 2.97. The van der Waals surface area contributed by atoms with Gasteiger partial charge in [-0.25, -0.2) is 0 Å². The highest BCUT2D eigenvalue weighted by Gasteiger charge is 1.90. The van der Waals surface area contributed by atoms with Gasteiger partial charge in [-0.3, -0.25) is 10.4 Å². The Kier molecular flexibility index (Phi) is 6.18. The largest absolute Gasteiger partial charge is 0.256 e. The lowest BCUT2D eigenvalue weighted by Gasteiger charge is -2.10. The van der Waals surface area contributed by atoms with Crippen LogP contribution in [0.5, 0.6) is 0 Å². The van der Waals surface area contributed by atoms with Gasteiger partial charge >= 0.3 is 0 Å². The van der Waals surface area contributed by atoms with Crippen molar-refractivity contribution in [2.45, 2.75) is 26.2 Å². The minimum Gasteiger partial charge on any atom is -0.256 e. The Bertz CT molecular complexity index is 108. The molecule has 0 spiro atoms. The lowest BCUT2D eigenvalue weighted by atomic mass is 10.1. The molecule has 0 aliphatic rings. The second kappa shape index (κ2) is 6.38. The van der Waals surface area contributed by atoms with Crippen molar-refractivity contribution in [2.24, 2.45) is 0 Å². The van der Waals surface area contributed by atoms with E-state index < -0.39 is 0 Å². The average Bonchev–Trinajstić information content (AvgIpc) is 1.85. The first kappa shape index (κ1) is 10.7. The third-order valence-corrected chi connectivity index (χ3v) is 1.46. The summed E-state index contributed by atoms with van der Waals surface area (Å²) >= 11 is 0. The minimum atomic E-state index is 1.07. The summed E-state index contributed by atoms with van der Waals surface area (Å²) in [7, 11) is 4.03. The van der Waals surface area contributed by atoms with E-state index in [2.05, 4.69) is 18.9 Å². The van der Waals surface area contributed by atoms with Gasteiger partial charge in [-0.2, -0.15) is 0 Å². The summed E-state index contributed by atoms with van der Waals surface area (Å²) in [6.07, 6.45) is 3.64. The molecule has 0 aromatic heterocycles. The highest BCUT2D eigenvalue weighted by molar-refractivity contribution is 4.87. The molecular formula is C9H20N2. The van der Waals surface area contributed by atoms with Crippen molar-refractivity contribution in [2.75, 3.05) is 20.6 Å². The van der Waals surface area contributed by atoms with Gasteiger partial charge in [0.2, 0.25) is 0 Å². The van der Waals surface area contributed by atoms with Gasteiger partial charge in [0.25, 0.3) is 0 Å². The second-order valence-electron chi connectivity index (χ2n) is 3.22. The van der Waals surface area contributed by atoms with E-state index in [0.29, 0.717) is 0 Å². The van der Waals surface area contributed by atoms with Gasteiger partial charge in [0.1, 0.15) is 0 Å². The zero-order valence-electron chi connectivity index (χ0n) is 7.98. The van der Waals surface area contributed by atoms with Gasteiger partial charge in [-0.05, 0) is 26.2 Å². The first-order valence-electron chi connectivity index (χ1n) is 4.18. The number of hydrogen-bond donors (Lipinski definition) is 1. The molecule has 66 valence electrons. The van der Waals surface area contributed by atoms with Crippen LogP contribution in [-0.2, 0) is 0 Å². The molecule has 0 heterocycles. The lowest BCUT2D eigenvalue weighted by Crippen LogP contribution is -2.30. The van der Waals surface area contributed by atoms with Crippen molar-refractivity contribution < 1.29 is 0 Å². The van der Waals surface area contributed by atoms with Gasteiger partial charge in [0, 0.05) is 20.6 Å². The van der Waals surface area contributed by atoms with Gasteiger partial charge in [-0.1, -0.05) is 5.57 Å². The Morgan fingerprint density at radius 2 is 2.00 bits per heavy atom. The highest BCUT2D eigenvalue weighted by Crippen LogP contribution is 2.02. The molecule has 0 fully saturated rings. The van der Waals surface area contributed by atoms with Gasteiger partial charge in [-0.15, -0.1) is 6.58 Å².